The molecule has 0 unspecified atom stereocenters. The number of carbonyl (C=O) groups is 1. The van der Waals surface area contributed by atoms with Gasteiger partial charge >= 0.3 is 12.1 Å². The highest BCUT2D eigenvalue weighted by atomic mass is 35.5. The van der Waals surface area contributed by atoms with Crippen LogP contribution >= 0.6 is 11.6 Å². The summed E-state index contributed by atoms with van der Waals surface area (Å²) in [6.07, 6.45) is -3.45. The second-order valence-corrected chi connectivity index (χ2v) is 6.93. The number of ether oxygens (including phenoxy) is 1. The zero-order valence-electron chi connectivity index (χ0n) is 14.2. The fourth-order valence-corrected chi connectivity index (χ4v) is 2.96. The maximum absolute atomic E-state index is 13.6. The third kappa shape index (κ3) is 3.49. The first-order valence-electron chi connectivity index (χ1n) is 8.40. The molecule has 0 spiro atoms. The van der Waals surface area contributed by atoms with E-state index in [1.54, 1.807) is 0 Å². The summed E-state index contributed by atoms with van der Waals surface area (Å²) < 4.78 is 51.0. The number of carbonyl (C=O) groups excluding carboxylic acids is 1. The van der Waals surface area contributed by atoms with Gasteiger partial charge in [0.25, 0.3) is 0 Å². The summed E-state index contributed by atoms with van der Waals surface area (Å²) in [5.74, 6) is -2.02. The molecular weight excluding hydrogens is 397 g/mol. The van der Waals surface area contributed by atoms with Crippen LogP contribution in [0.4, 0.5) is 13.2 Å². The molecule has 144 valence electrons. The first-order chi connectivity index (χ1) is 13.2. The normalized spacial score (nSPS) is 14.3. The van der Waals surface area contributed by atoms with Gasteiger partial charge < -0.3 is 9.15 Å². The van der Waals surface area contributed by atoms with Crippen LogP contribution in [0.1, 0.15) is 18.6 Å². The second kappa shape index (κ2) is 6.67. The summed E-state index contributed by atoms with van der Waals surface area (Å²) >= 11 is 5.78. The number of hydrogen-bond acceptors (Lipinski definition) is 4. The molecule has 0 saturated heterocycles. The molecule has 0 N–H and O–H groups in total. The molecule has 2 aromatic carbocycles. The highest BCUT2D eigenvalue weighted by Crippen LogP contribution is 2.38. The lowest BCUT2D eigenvalue weighted by Crippen LogP contribution is -2.16. The number of benzene rings is 2. The predicted octanol–water partition coefficient (Wildman–Crippen LogP) is 5.45. The van der Waals surface area contributed by atoms with Gasteiger partial charge in [-0.1, -0.05) is 23.7 Å². The Hall–Kier alpha value is -2.80. The topological polar surface area (TPSA) is 56.5 Å². The molecule has 1 aliphatic rings. The average Bonchev–Trinajstić information content (AvgIpc) is 3.47. The van der Waals surface area contributed by atoms with E-state index in [1.807, 2.05) is 0 Å². The molecule has 4 nitrogen and oxygen atoms in total. The van der Waals surface area contributed by atoms with Crippen LogP contribution in [-0.2, 0) is 11.0 Å². The fraction of sp³-hybridized carbons (Fsp3) is 0.200. The van der Waals surface area contributed by atoms with Crippen molar-refractivity contribution in [1.29, 1.82) is 0 Å². The van der Waals surface area contributed by atoms with E-state index in [1.165, 1.54) is 36.4 Å². The van der Waals surface area contributed by atoms with Crippen LogP contribution in [0.5, 0.6) is 5.75 Å². The Morgan fingerprint density at radius 3 is 2.39 bits per heavy atom. The number of hydrogen-bond donors (Lipinski definition) is 0. The van der Waals surface area contributed by atoms with Crippen molar-refractivity contribution >= 4 is 28.5 Å². The van der Waals surface area contributed by atoms with Gasteiger partial charge in [-0.3, -0.25) is 9.59 Å². The predicted molar refractivity (Wildman–Crippen MR) is 96.3 cm³/mol. The first-order valence-corrected chi connectivity index (χ1v) is 8.77. The molecule has 28 heavy (non-hydrogen) atoms. The second-order valence-electron chi connectivity index (χ2n) is 6.49. The standard InChI is InChI=1S/C20H12ClF3O4/c21-12-5-3-10(4-6-12)16-17(25)14-8-7-13(27-19(26)11-1-2-11)9-15(14)28-18(16)20(22,23)24/h3-9,11H,1-2H2. The van der Waals surface area contributed by atoms with Crippen LogP contribution in [0.3, 0.4) is 0 Å². The maximum atomic E-state index is 13.6. The Morgan fingerprint density at radius 1 is 1.11 bits per heavy atom. The van der Waals surface area contributed by atoms with Crippen LogP contribution in [0, 0.1) is 5.92 Å². The van der Waals surface area contributed by atoms with E-state index in [2.05, 4.69) is 0 Å². The van der Waals surface area contributed by atoms with Crippen molar-refractivity contribution < 1.29 is 27.1 Å². The summed E-state index contributed by atoms with van der Waals surface area (Å²) in [7, 11) is 0. The highest BCUT2D eigenvalue weighted by Gasteiger charge is 2.39. The van der Waals surface area contributed by atoms with Gasteiger partial charge in [0.15, 0.2) is 0 Å². The summed E-state index contributed by atoms with van der Waals surface area (Å²) in [5.41, 5.74) is -1.71. The van der Waals surface area contributed by atoms with Crippen LogP contribution in [0.2, 0.25) is 5.02 Å². The SMILES string of the molecule is O=C(Oc1ccc2c(=O)c(-c3ccc(Cl)cc3)c(C(F)(F)F)oc2c1)C1CC1. The number of rotatable bonds is 3. The Morgan fingerprint density at radius 2 is 1.79 bits per heavy atom. The Balaban J connectivity index is 1.89. The number of esters is 1. The van der Waals surface area contributed by atoms with Crippen LogP contribution in [-0.4, -0.2) is 5.97 Å². The molecule has 0 radical (unpaired) electrons. The third-order valence-corrected chi connectivity index (χ3v) is 4.64. The molecule has 0 bridgehead atoms. The van der Waals surface area contributed by atoms with Crippen LogP contribution in [0.15, 0.2) is 51.7 Å². The lowest BCUT2D eigenvalue weighted by molar-refractivity contribution is -0.152. The highest BCUT2D eigenvalue weighted by molar-refractivity contribution is 6.30. The van der Waals surface area contributed by atoms with Crippen molar-refractivity contribution in [3.05, 3.63) is 63.5 Å². The van der Waals surface area contributed by atoms with Gasteiger partial charge in [-0.2, -0.15) is 13.2 Å². The average molecular weight is 409 g/mol. The van der Waals surface area contributed by atoms with Crippen LogP contribution < -0.4 is 10.2 Å². The smallest absolute Gasteiger partial charge is 0.450 e. The summed E-state index contributed by atoms with van der Waals surface area (Å²) in [6, 6.07) is 9.19. The summed E-state index contributed by atoms with van der Waals surface area (Å²) in [5, 5.41) is 0.272. The van der Waals surface area contributed by atoms with E-state index in [9.17, 15) is 22.8 Å². The number of alkyl halides is 3. The van der Waals surface area contributed by atoms with Crippen molar-refractivity contribution in [2.24, 2.45) is 5.92 Å². The molecule has 8 heteroatoms. The number of halogens is 4. The third-order valence-electron chi connectivity index (χ3n) is 4.38. The van der Waals surface area contributed by atoms with Crippen LogP contribution in [0.25, 0.3) is 22.1 Å². The monoisotopic (exact) mass is 408 g/mol. The Bertz CT molecular complexity index is 1130. The number of fused-ring (bicyclic) bond motifs is 1. The maximum Gasteiger partial charge on any atom is 0.450 e. The molecule has 3 aromatic rings. The van der Waals surface area contributed by atoms with Crippen molar-refractivity contribution in [1.82, 2.24) is 0 Å². The van der Waals surface area contributed by atoms with Gasteiger partial charge in [0, 0.05) is 11.1 Å². The van der Waals surface area contributed by atoms with Crippen molar-refractivity contribution in [3.63, 3.8) is 0 Å². The fourth-order valence-electron chi connectivity index (χ4n) is 2.83. The molecule has 1 saturated carbocycles. The summed E-state index contributed by atoms with van der Waals surface area (Å²) in [4.78, 5) is 24.6. The molecule has 1 fully saturated rings. The molecule has 1 aromatic heterocycles. The molecule has 1 aliphatic carbocycles. The van der Waals surface area contributed by atoms with E-state index in [4.69, 9.17) is 20.8 Å². The van der Waals surface area contributed by atoms with Gasteiger partial charge in [-0.25, -0.2) is 0 Å². The van der Waals surface area contributed by atoms with Crippen molar-refractivity contribution in [3.8, 4) is 16.9 Å². The van der Waals surface area contributed by atoms with E-state index >= 15 is 0 Å². The van der Waals surface area contributed by atoms with E-state index in [-0.39, 0.29) is 28.2 Å². The zero-order chi connectivity index (χ0) is 20.1. The largest absolute Gasteiger partial charge is 0.450 e. The Kier molecular flexibility index (Phi) is 4.42. The van der Waals surface area contributed by atoms with Gasteiger partial charge in [0.2, 0.25) is 11.2 Å². The van der Waals surface area contributed by atoms with Crippen molar-refractivity contribution in [2.45, 2.75) is 19.0 Å². The van der Waals surface area contributed by atoms with Gasteiger partial charge in [0.1, 0.15) is 11.3 Å². The molecule has 1 heterocycles. The minimum atomic E-state index is -4.90. The lowest BCUT2D eigenvalue weighted by atomic mass is 10.0. The molecule has 0 atom stereocenters. The zero-order valence-corrected chi connectivity index (χ0v) is 14.9. The van der Waals surface area contributed by atoms with E-state index in [0.29, 0.717) is 5.02 Å². The van der Waals surface area contributed by atoms with Crippen molar-refractivity contribution in [2.75, 3.05) is 0 Å². The van der Waals surface area contributed by atoms with Gasteiger partial charge in [-0.05, 0) is 42.7 Å². The summed E-state index contributed by atoms with van der Waals surface area (Å²) in [6.45, 7) is 0. The minimum absolute atomic E-state index is 0.0277. The van der Waals surface area contributed by atoms with Gasteiger partial charge in [-0.15, -0.1) is 0 Å². The molecule has 0 amide bonds. The minimum Gasteiger partial charge on any atom is -0.450 e. The molecular formula is C20H12ClF3O4. The lowest BCUT2D eigenvalue weighted by Gasteiger charge is -2.13. The Labute approximate surface area is 161 Å². The molecule has 0 aliphatic heterocycles. The molecule has 4 rings (SSSR count). The van der Waals surface area contributed by atoms with E-state index < -0.39 is 28.9 Å². The van der Waals surface area contributed by atoms with Gasteiger partial charge in [0.05, 0.1) is 16.9 Å². The van der Waals surface area contributed by atoms with E-state index in [0.717, 1.165) is 18.9 Å². The first kappa shape index (κ1) is 18.6. The quantitative estimate of drug-likeness (QED) is 0.427.